The predicted molar refractivity (Wildman–Crippen MR) is 91.4 cm³/mol. The summed E-state index contributed by atoms with van der Waals surface area (Å²) in [5.74, 6) is -0.440. The zero-order valence-electron chi connectivity index (χ0n) is 14.0. The summed E-state index contributed by atoms with van der Waals surface area (Å²) in [7, 11) is 0. The predicted octanol–water partition coefficient (Wildman–Crippen LogP) is -0.880. The Balaban J connectivity index is 0.000000338. The van der Waals surface area contributed by atoms with Gasteiger partial charge in [-0.05, 0) is 13.0 Å². The van der Waals surface area contributed by atoms with Gasteiger partial charge in [0, 0.05) is 52.4 Å². The summed E-state index contributed by atoms with van der Waals surface area (Å²) in [6.07, 6.45) is 4.12. The van der Waals surface area contributed by atoms with E-state index in [2.05, 4.69) is 33.5 Å². The van der Waals surface area contributed by atoms with Crippen molar-refractivity contribution < 1.29 is 5.21 Å². The maximum atomic E-state index is 7.54. The Bertz CT molecular complexity index is 232. The number of piperazine rings is 2. The number of nitrogens with two attached hydrogens (primary N) is 1. The molecule has 8 heteroatoms. The summed E-state index contributed by atoms with van der Waals surface area (Å²) in [5.41, 5.74) is 5.90. The summed E-state index contributed by atoms with van der Waals surface area (Å²) in [4.78, 5) is 2.56. The quantitative estimate of drug-likeness (QED) is 0.156. The Morgan fingerprint density at radius 1 is 1.05 bits per heavy atom. The molecule has 2 rings (SSSR count). The van der Waals surface area contributed by atoms with Crippen molar-refractivity contribution in [1.29, 1.82) is 5.41 Å². The molecule has 0 atom stereocenters. The smallest absolute Gasteiger partial charge is 0.209 e. The Morgan fingerprint density at radius 3 is 1.86 bits per heavy atom. The van der Waals surface area contributed by atoms with Gasteiger partial charge in [-0.2, -0.15) is 0 Å². The molecule has 0 aliphatic carbocycles. The molecule has 0 spiro atoms. The number of rotatable bonds is 4. The lowest BCUT2D eigenvalue weighted by molar-refractivity contribution is 0.232. The molecule has 2 heterocycles. The molecule has 0 unspecified atom stereocenters. The van der Waals surface area contributed by atoms with Crippen LogP contribution in [0.15, 0.2) is 0 Å². The molecule has 0 aromatic rings. The number of hydrogen-bond donors (Lipinski definition) is 7. The van der Waals surface area contributed by atoms with E-state index in [1.54, 1.807) is 0 Å². The zero-order valence-corrected chi connectivity index (χ0v) is 14.0. The lowest BCUT2D eigenvalue weighted by Crippen LogP contribution is -2.43. The van der Waals surface area contributed by atoms with Crippen molar-refractivity contribution in [2.24, 2.45) is 5.73 Å². The molecule has 8 nitrogen and oxygen atoms in total. The van der Waals surface area contributed by atoms with Gasteiger partial charge in [0.2, 0.25) is 5.96 Å². The molecular weight excluding hydrogens is 282 g/mol. The highest BCUT2D eigenvalue weighted by Crippen LogP contribution is 1.98. The fourth-order valence-corrected chi connectivity index (χ4v) is 2.12. The fraction of sp³-hybridized carbons (Fsp3) is 0.929. The standard InChI is InChI=1S/C9H20N2.C4H10N2.CH5N3O/c1-2-3-4-7-11-8-5-10-6-9-11;1-2-6-4-3-5-1;2-1(3)4-5/h10H,2-9H2,1H3;5-6H,1-4H2;5H,(H4,2,3,4). The van der Waals surface area contributed by atoms with Crippen molar-refractivity contribution in [3.05, 3.63) is 0 Å². The van der Waals surface area contributed by atoms with E-state index in [-0.39, 0.29) is 0 Å². The van der Waals surface area contributed by atoms with E-state index >= 15 is 0 Å². The highest BCUT2D eigenvalue weighted by atomic mass is 16.5. The fourth-order valence-electron chi connectivity index (χ4n) is 2.12. The molecule has 2 saturated heterocycles. The molecule has 0 saturated carbocycles. The average Bonchev–Trinajstić information content (AvgIpc) is 2.59. The molecule has 22 heavy (non-hydrogen) atoms. The van der Waals surface area contributed by atoms with Crippen LogP contribution >= 0.6 is 0 Å². The van der Waals surface area contributed by atoms with Crippen molar-refractivity contribution in [1.82, 2.24) is 26.3 Å². The number of unbranched alkanes of at least 4 members (excludes halogenated alkanes) is 2. The van der Waals surface area contributed by atoms with Crippen molar-refractivity contribution in [3.63, 3.8) is 0 Å². The van der Waals surface area contributed by atoms with E-state index in [1.165, 1.54) is 57.5 Å². The topological polar surface area (TPSA) is 121 Å². The zero-order chi connectivity index (χ0) is 16.5. The normalized spacial score (nSPS) is 18.3. The second kappa shape index (κ2) is 16.4. The summed E-state index contributed by atoms with van der Waals surface area (Å²) in [6, 6.07) is 0. The molecule has 8 N–H and O–H groups in total. The van der Waals surface area contributed by atoms with E-state index in [1.807, 2.05) is 0 Å². The van der Waals surface area contributed by atoms with Crippen LogP contribution in [0, 0.1) is 5.41 Å². The van der Waals surface area contributed by atoms with Crippen molar-refractivity contribution in [2.75, 3.05) is 58.9 Å². The Kier molecular flexibility index (Phi) is 15.7. The molecule has 2 fully saturated rings. The minimum atomic E-state index is -0.440. The third-order valence-electron chi connectivity index (χ3n) is 3.37. The number of guanidine groups is 1. The minimum Gasteiger partial charge on any atom is -0.368 e. The third kappa shape index (κ3) is 15.5. The molecular formula is C14H35N7O. The number of hydrogen-bond acceptors (Lipinski definition) is 6. The van der Waals surface area contributed by atoms with Gasteiger partial charge in [0.15, 0.2) is 0 Å². The van der Waals surface area contributed by atoms with E-state index in [0.29, 0.717) is 0 Å². The van der Waals surface area contributed by atoms with E-state index in [0.717, 1.165) is 26.2 Å². The lowest BCUT2D eigenvalue weighted by atomic mass is 10.2. The van der Waals surface area contributed by atoms with Crippen LogP contribution in [0.4, 0.5) is 0 Å². The van der Waals surface area contributed by atoms with Crippen LogP contribution in [0.1, 0.15) is 26.2 Å². The maximum absolute atomic E-state index is 7.54. The number of nitrogens with zero attached hydrogens (tertiary/aromatic N) is 1. The molecule has 2 aliphatic rings. The van der Waals surface area contributed by atoms with E-state index in [4.69, 9.17) is 10.6 Å². The van der Waals surface area contributed by atoms with Gasteiger partial charge in [0.05, 0.1) is 0 Å². The first kappa shape index (κ1) is 21.1. The van der Waals surface area contributed by atoms with Crippen molar-refractivity contribution in [2.45, 2.75) is 26.2 Å². The summed E-state index contributed by atoms with van der Waals surface area (Å²) < 4.78 is 0. The lowest BCUT2D eigenvalue weighted by Gasteiger charge is -2.26. The van der Waals surface area contributed by atoms with Gasteiger partial charge in [-0.1, -0.05) is 19.8 Å². The van der Waals surface area contributed by atoms with Gasteiger partial charge in [-0.3, -0.25) is 10.6 Å². The maximum Gasteiger partial charge on any atom is 0.209 e. The van der Waals surface area contributed by atoms with Crippen LogP contribution < -0.4 is 27.2 Å². The Hall–Kier alpha value is -0.930. The monoisotopic (exact) mass is 317 g/mol. The van der Waals surface area contributed by atoms with E-state index in [9.17, 15) is 0 Å². The summed E-state index contributed by atoms with van der Waals surface area (Å²) in [5, 5.41) is 23.5. The largest absolute Gasteiger partial charge is 0.368 e. The molecule has 0 bridgehead atoms. The van der Waals surface area contributed by atoms with Crippen LogP contribution in [-0.4, -0.2) is 75.0 Å². The third-order valence-corrected chi connectivity index (χ3v) is 3.37. The van der Waals surface area contributed by atoms with Gasteiger partial charge in [0.1, 0.15) is 0 Å². The van der Waals surface area contributed by atoms with Crippen LogP contribution in [0.3, 0.4) is 0 Å². The first-order valence-corrected chi connectivity index (χ1v) is 8.29. The van der Waals surface area contributed by atoms with Crippen molar-refractivity contribution >= 4 is 5.96 Å². The molecule has 0 aromatic carbocycles. The first-order chi connectivity index (χ1) is 10.7. The Morgan fingerprint density at radius 2 is 1.50 bits per heavy atom. The highest BCUT2D eigenvalue weighted by molar-refractivity contribution is 5.72. The van der Waals surface area contributed by atoms with Gasteiger partial charge >= 0.3 is 0 Å². The molecule has 2 aliphatic heterocycles. The molecule has 0 radical (unpaired) electrons. The second-order valence-corrected chi connectivity index (χ2v) is 5.32. The van der Waals surface area contributed by atoms with Crippen molar-refractivity contribution in [3.8, 4) is 0 Å². The van der Waals surface area contributed by atoms with Gasteiger partial charge in [0.25, 0.3) is 0 Å². The van der Waals surface area contributed by atoms with E-state index < -0.39 is 5.96 Å². The van der Waals surface area contributed by atoms with Crippen LogP contribution in [0.2, 0.25) is 0 Å². The average molecular weight is 317 g/mol. The highest BCUT2D eigenvalue weighted by Gasteiger charge is 2.07. The summed E-state index contributed by atoms with van der Waals surface area (Å²) in [6.45, 7) is 13.0. The summed E-state index contributed by atoms with van der Waals surface area (Å²) >= 11 is 0. The number of nitrogens with one attached hydrogen (secondary N) is 5. The molecule has 132 valence electrons. The number of hydroxylamine groups is 1. The SMILES string of the molecule is C1CNCCN1.CCCCCN1CCNCC1.N=C(N)NO. The van der Waals surface area contributed by atoms with Crippen LogP contribution in [0.25, 0.3) is 0 Å². The second-order valence-electron chi connectivity index (χ2n) is 5.32. The van der Waals surface area contributed by atoms with Gasteiger partial charge in [-0.15, -0.1) is 0 Å². The van der Waals surface area contributed by atoms with Crippen LogP contribution in [0.5, 0.6) is 0 Å². The molecule has 0 aromatic heterocycles. The first-order valence-electron chi connectivity index (χ1n) is 8.29. The van der Waals surface area contributed by atoms with Gasteiger partial charge < -0.3 is 26.6 Å². The Labute approximate surface area is 134 Å². The molecule has 0 amide bonds. The van der Waals surface area contributed by atoms with Gasteiger partial charge in [-0.25, -0.2) is 5.48 Å². The van der Waals surface area contributed by atoms with Crippen LogP contribution in [-0.2, 0) is 0 Å². The minimum absolute atomic E-state index is 0.440.